The summed E-state index contributed by atoms with van der Waals surface area (Å²) in [5.41, 5.74) is 9.77. The lowest BCUT2D eigenvalue weighted by Gasteiger charge is -2.27. The van der Waals surface area contributed by atoms with Crippen molar-refractivity contribution < 1.29 is 17.9 Å². The first-order valence-electron chi connectivity index (χ1n) is 13.4. The van der Waals surface area contributed by atoms with Gasteiger partial charge in [-0.05, 0) is 98.2 Å². The number of hydrogen-bond donors (Lipinski definition) is 2. The van der Waals surface area contributed by atoms with E-state index in [1.54, 1.807) is 55.6 Å². The van der Waals surface area contributed by atoms with Crippen LogP contribution in [0.4, 0.5) is 0 Å². The molecule has 3 N–H and O–H groups in total. The molecule has 0 saturated carbocycles. The molecule has 0 saturated heterocycles. The van der Waals surface area contributed by atoms with Gasteiger partial charge in [-0.1, -0.05) is 49.7 Å². The summed E-state index contributed by atoms with van der Waals surface area (Å²) in [4.78, 5) is 0.497. The summed E-state index contributed by atoms with van der Waals surface area (Å²) in [6.07, 6.45) is 0.879. The number of rotatable bonds is 12. The molecule has 210 valence electrons. The molecule has 4 aromatic carbocycles. The molecule has 40 heavy (non-hydrogen) atoms. The van der Waals surface area contributed by atoms with E-state index >= 15 is 0 Å². The van der Waals surface area contributed by atoms with E-state index in [1.165, 1.54) is 5.56 Å². The van der Waals surface area contributed by atoms with E-state index in [0.29, 0.717) is 24.6 Å². The molecule has 4 rings (SSSR count). The number of aryl methyl sites for hydroxylation is 1. The van der Waals surface area contributed by atoms with Gasteiger partial charge in [-0.2, -0.15) is 0 Å². The van der Waals surface area contributed by atoms with Crippen molar-refractivity contribution in [3.05, 3.63) is 113 Å². The fourth-order valence-electron chi connectivity index (χ4n) is 4.50. The Morgan fingerprint density at radius 2 is 1.38 bits per heavy atom. The van der Waals surface area contributed by atoms with Crippen molar-refractivity contribution in [1.29, 1.82) is 0 Å². The van der Waals surface area contributed by atoms with Crippen LogP contribution in [0.5, 0.6) is 17.2 Å². The van der Waals surface area contributed by atoms with Gasteiger partial charge in [-0.25, -0.2) is 8.42 Å². The van der Waals surface area contributed by atoms with Gasteiger partial charge in [0.1, 0.15) is 17.2 Å². The number of hydrogen-bond acceptors (Lipinski definition) is 6. The maximum absolute atomic E-state index is 13.1. The third-order valence-corrected chi connectivity index (χ3v) is 8.95. The topological polar surface area (TPSA) is 90.6 Å². The molecule has 0 fully saturated rings. The number of methoxy groups -OCH3 is 1. The zero-order chi connectivity index (χ0) is 28.8. The first-order valence-corrected chi connectivity index (χ1v) is 14.9. The highest BCUT2D eigenvalue weighted by Gasteiger charge is 2.25. The molecular formula is C33H38N2O4S. The Bertz CT molecular complexity index is 1510. The fraction of sp³-hybridized carbons (Fsp3) is 0.273. The Morgan fingerprint density at radius 1 is 0.800 bits per heavy atom. The van der Waals surface area contributed by atoms with E-state index in [-0.39, 0.29) is 15.2 Å². The highest BCUT2D eigenvalue weighted by molar-refractivity contribution is 7.91. The minimum absolute atomic E-state index is 0.226. The molecule has 6 nitrogen and oxygen atoms in total. The minimum Gasteiger partial charge on any atom is -0.497 e. The van der Waals surface area contributed by atoms with Crippen LogP contribution in [-0.2, 0) is 21.8 Å². The van der Waals surface area contributed by atoms with Crippen LogP contribution >= 0.6 is 0 Å². The highest BCUT2D eigenvalue weighted by Crippen LogP contribution is 2.36. The maximum Gasteiger partial charge on any atom is 0.206 e. The van der Waals surface area contributed by atoms with Gasteiger partial charge in [0.25, 0.3) is 0 Å². The zero-order valence-corrected chi connectivity index (χ0v) is 24.4. The Balaban J connectivity index is 1.60. The van der Waals surface area contributed by atoms with Crippen molar-refractivity contribution in [2.24, 2.45) is 5.73 Å². The third kappa shape index (κ3) is 6.73. The van der Waals surface area contributed by atoms with Crippen molar-refractivity contribution in [3.63, 3.8) is 0 Å². The van der Waals surface area contributed by atoms with E-state index in [1.807, 2.05) is 25.1 Å². The van der Waals surface area contributed by atoms with E-state index in [9.17, 15) is 8.42 Å². The van der Waals surface area contributed by atoms with Crippen LogP contribution in [0.2, 0.25) is 0 Å². The number of nitrogens with one attached hydrogen (secondary N) is 1. The second-order valence-corrected chi connectivity index (χ2v) is 12.3. The number of nitrogens with two attached hydrogens (primary N) is 1. The number of sulfone groups is 1. The van der Waals surface area contributed by atoms with Gasteiger partial charge < -0.3 is 20.5 Å². The molecule has 0 radical (unpaired) electrons. The van der Waals surface area contributed by atoms with Gasteiger partial charge in [0.15, 0.2) is 0 Å². The van der Waals surface area contributed by atoms with Gasteiger partial charge in [0.2, 0.25) is 9.84 Å². The molecule has 0 spiro atoms. The summed E-state index contributed by atoms with van der Waals surface area (Å²) < 4.78 is 37.7. The molecule has 0 unspecified atom stereocenters. The van der Waals surface area contributed by atoms with Gasteiger partial charge in [0.05, 0.1) is 16.9 Å². The van der Waals surface area contributed by atoms with Crippen molar-refractivity contribution in [2.45, 2.75) is 48.9 Å². The quantitative estimate of drug-likeness (QED) is 0.196. The standard InChI is InChI=1S/C33H38N2O4S/c1-24-6-15-30(16-7-24)40(36,37)31-17-13-29(14-18-31)39-32-19-10-27(22-25(32)23-35-21-5-20-34)33(2,3)26-8-11-28(38-4)12-9-26/h6-19,22,35H,5,20-21,23,34H2,1-4H3. The first kappa shape index (κ1) is 29.3. The van der Waals surface area contributed by atoms with Gasteiger partial charge in [-0.3, -0.25) is 0 Å². The van der Waals surface area contributed by atoms with E-state index in [0.717, 1.165) is 35.4 Å². The van der Waals surface area contributed by atoms with Crippen LogP contribution in [0.15, 0.2) is 101 Å². The molecule has 0 heterocycles. The molecule has 4 aromatic rings. The molecular weight excluding hydrogens is 520 g/mol. The van der Waals surface area contributed by atoms with Crippen LogP contribution in [0.1, 0.15) is 42.5 Å². The van der Waals surface area contributed by atoms with Crippen molar-refractivity contribution in [2.75, 3.05) is 20.2 Å². The van der Waals surface area contributed by atoms with E-state index < -0.39 is 9.84 Å². The highest BCUT2D eigenvalue weighted by atomic mass is 32.2. The summed E-state index contributed by atoms with van der Waals surface area (Å²) in [5.74, 6) is 2.10. The molecule has 0 atom stereocenters. The van der Waals surface area contributed by atoms with E-state index in [4.69, 9.17) is 15.2 Å². The molecule has 0 aliphatic rings. The average Bonchev–Trinajstić information content (AvgIpc) is 2.96. The zero-order valence-electron chi connectivity index (χ0n) is 23.6. The summed E-state index contributed by atoms with van der Waals surface area (Å²) in [6, 6.07) is 27.8. The molecule has 0 amide bonds. The van der Waals surface area contributed by atoms with Gasteiger partial charge >= 0.3 is 0 Å². The predicted octanol–water partition coefficient (Wildman–Crippen LogP) is 6.39. The van der Waals surface area contributed by atoms with Crippen LogP contribution in [0.25, 0.3) is 0 Å². The van der Waals surface area contributed by atoms with Gasteiger partial charge in [0, 0.05) is 17.5 Å². The summed E-state index contributed by atoms with van der Waals surface area (Å²) in [6.45, 7) is 8.36. The largest absolute Gasteiger partial charge is 0.497 e. The van der Waals surface area contributed by atoms with Crippen LogP contribution < -0.4 is 20.5 Å². The average molecular weight is 559 g/mol. The normalized spacial score (nSPS) is 11.8. The molecule has 0 aliphatic carbocycles. The Hall–Kier alpha value is -3.65. The lowest BCUT2D eigenvalue weighted by molar-refractivity contribution is 0.414. The lowest BCUT2D eigenvalue weighted by Crippen LogP contribution is -2.21. The van der Waals surface area contributed by atoms with Gasteiger partial charge in [-0.15, -0.1) is 0 Å². The summed E-state index contributed by atoms with van der Waals surface area (Å²) in [5, 5.41) is 3.46. The Morgan fingerprint density at radius 3 is 1.98 bits per heavy atom. The maximum atomic E-state index is 13.1. The number of benzene rings is 4. The summed E-state index contributed by atoms with van der Waals surface area (Å²) >= 11 is 0. The van der Waals surface area contributed by atoms with Crippen molar-refractivity contribution in [3.8, 4) is 17.2 Å². The summed E-state index contributed by atoms with van der Waals surface area (Å²) in [7, 11) is -1.94. The molecule has 0 bridgehead atoms. The SMILES string of the molecule is COc1ccc(C(C)(C)c2ccc(Oc3ccc(S(=O)(=O)c4ccc(C)cc4)cc3)c(CNCCCN)c2)cc1. The molecule has 0 aromatic heterocycles. The fourth-order valence-corrected chi connectivity index (χ4v) is 5.76. The first-order chi connectivity index (χ1) is 19.1. The molecule has 7 heteroatoms. The predicted molar refractivity (Wildman–Crippen MR) is 160 cm³/mol. The minimum atomic E-state index is -3.61. The second-order valence-electron chi connectivity index (χ2n) is 10.4. The van der Waals surface area contributed by atoms with Crippen LogP contribution in [0.3, 0.4) is 0 Å². The van der Waals surface area contributed by atoms with Crippen LogP contribution in [0, 0.1) is 6.92 Å². The molecule has 0 aliphatic heterocycles. The Kier molecular flexibility index (Phi) is 9.30. The second kappa shape index (κ2) is 12.7. The smallest absolute Gasteiger partial charge is 0.206 e. The van der Waals surface area contributed by atoms with Crippen molar-refractivity contribution in [1.82, 2.24) is 5.32 Å². The lowest BCUT2D eigenvalue weighted by atomic mass is 9.77. The third-order valence-electron chi connectivity index (χ3n) is 7.16. The van der Waals surface area contributed by atoms with E-state index in [2.05, 4.69) is 43.4 Å². The Labute approximate surface area is 238 Å². The number of ether oxygens (including phenoxy) is 2. The van der Waals surface area contributed by atoms with Crippen LogP contribution in [-0.4, -0.2) is 28.6 Å². The monoisotopic (exact) mass is 558 g/mol. The van der Waals surface area contributed by atoms with Crippen molar-refractivity contribution >= 4 is 9.84 Å².